The third kappa shape index (κ3) is 7.06. The smallest absolute Gasteiger partial charge is 0.218 e. The summed E-state index contributed by atoms with van der Waals surface area (Å²) in [4.78, 5) is 2.41. The van der Waals surface area contributed by atoms with Gasteiger partial charge in [0.15, 0.2) is 0 Å². The maximum Gasteiger partial charge on any atom is 0.218 e. The van der Waals surface area contributed by atoms with Crippen LogP contribution in [0.2, 0.25) is 0 Å². The zero-order valence-electron chi connectivity index (χ0n) is 19.0. The van der Waals surface area contributed by atoms with Gasteiger partial charge in [-0.15, -0.1) is 0 Å². The molecule has 1 aliphatic heterocycles. The highest BCUT2D eigenvalue weighted by Crippen LogP contribution is 2.25. The summed E-state index contributed by atoms with van der Waals surface area (Å²) in [5.41, 5.74) is 3.06. The van der Waals surface area contributed by atoms with E-state index in [-0.39, 0.29) is 11.7 Å². The van der Waals surface area contributed by atoms with Gasteiger partial charge in [-0.05, 0) is 47.9 Å². The van der Waals surface area contributed by atoms with Crippen LogP contribution in [-0.2, 0) is 27.1 Å². The number of methoxy groups -OCH3 is 1. The van der Waals surface area contributed by atoms with E-state index in [1.54, 1.807) is 11.4 Å². The standard InChI is InChI=1S/C25H36N2O3S/c1-21(2)17-27(31(28,29)20-24-7-5-4-6-8-24)18-22-9-11-25(12-10-22)26-15-13-23(14-16-26)19-30-3/h4-12,21,23H,13-20H2,1-3H3. The van der Waals surface area contributed by atoms with Crippen molar-refractivity contribution in [1.82, 2.24) is 4.31 Å². The van der Waals surface area contributed by atoms with Crippen LogP contribution in [-0.4, -0.2) is 46.1 Å². The lowest BCUT2D eigenvalue weighted by Crippen LogP contribution is -2.35. The highest BCUT2D eigenvalue weighted by atomic mass is 32.2. The number of hydrogen-bond acceptors (Lipinski definition) is 4. The summed E-state index contributed by atoms with van der Waals surface area (Å²) in [5, 5.41) is 0. The van der Waals surface area contributed by atoms with Crippen LogP contribution in [0.5, 0.6) is 0 Å². The van der Waals surface area contributed by atoms with Gasteiger partial charge in [0, 0.05) is 45.6 Å². The second-order valence-electron chi connectivity index (χ2n) is 8.98. The van der Waals surface area contributed by atoms with Crippen molar-refractivity contribution in [3.8, 4) is 0 Å². The Hall–Kier alpha value is -1.89. The van der Waals surface area contributed by atoms with Crippen molar-refractivity contribution in [2.75, 3.05) is 38.3 Å². The number of piperidine rings is 1. The van der Waals surface area contributed by atoms with Crippen molar-refractivity contribution in [2.24, 2.45) is 11.8 Å². The van der Waals surface area contributed by atoms with Gasteiger partial charge in [0.2, 0.25) is 10.0 Å². The van der Waals surface area contributed by atoms with Crippen molar-refractivity contribution in [3.63, 3.8) is 0 Å². The summed E-state index contributed by atoms with van der Waals surface area (Å²) in [6.07, 6.45) is 2.30. The van der Waals surface area contributed by atoms with Crippen LogP contribution >= 0.6 is 0 Å². The molecule has 0 N–H and O–H groups in total. The molecule has 0 amide bonds. The number of rotatable bonds is 10. The number of benzene rings is 2. The monoisotopic (exact) mass is 444 g/mol. The molecular formula is C25H36N2O3S. The Bertz CT molecular complexity index is 890. The van der Waals surface area contributed by atoms with Crippen molar-refractivity contribution < 1.29 is 13.2 Å². The molecule has 0 radical (unpaired) electrons. The maximum absolute atomic E-state index is 13.1. The van der Waals surface area contributed by atoms with Crippen LogP contribution in [0.15, 0.2) is 54.6 Å². The average molecular weight is 445 g/mol. The molecule has 0 aliphatic carbocycles. The number of ether oxygens (including phenoxy) is 1. The van der Waals surface area contributed by atoms with Crippen LogP contribution in [0.4, 0.5) is 5.69 Å². The lowest BCUT2D eigenvalue weighted by molar-refractivity contribution is 0.139. The number of hydrogen-bond donors (Lipinski definition) is 0. The molecule has 0 aromatic heterocycles. The molecule has 2 aromatic carbocycles. The molecular weight excluding hydrogens is 408 g/mol. The van der Waals surface area contributed by atoms with Gasteiger partial charge in [-0.25, -0.2) is 8.42 Å². The molecule has 1 saturated heterocycles. The Morgan fingerprint density at radius 3 is 2.23 bits per heavy atom. The van der Waals surface area contributed by atoms with Gasteiger partial charge in [-0.1, -0.05) is 56.3 Å². The Morgan fingerprint density at radius 1 is 1.00 bits per heavy atom. The van der Waals surface area contributed by atoms with Crippen molar-refractivity contribution in [3.05, 3.63) is 65.7 Å². The lowest BCUT2D eigenvalue weighted by Gasteiger charge is -2.33. The van der Waals surface area contributed by atoms with Crippen LogP contribution in [0.25, 0.3) is 0 Å². The van der Waals surface area contributed by atoms with E-state index >= 15 is 0 Å². The molecule has 0 atom stereocenters. The molecule has 1 aliphatic rings. The SMILES string of the molecule is COCC1CCN(c2ccc(CN(CC(C)C)S(=O)(=O)Cc3ccccc3)cc2)CC1. The molecule has 2 aromatic rings. The Labute approximate surface area is 188 Å². The molecule has 6 heteroatoms. The van der Waals surface area contributed by atoms with E-state index in [1.165, 1.54) is 5.69 Å². The topological polar surface area (TPSA) is 49.9 Å². The molecule has 0 spiro atoms. The van der Waals surface area contributed by atoms with Crippen LogP contribution in [0.1, 0.15) is 37.8 Å². The number of nitrogens with zero attached hydrogens (tertiary/aromatic N) is 2. The largest absolute Gasteiger partial charge is 0.384 e. The van der Waals surface area contributed by atoms with E-state index in [1.807, 2.05) is 30.3 Å². The molecule has 31 heavy (non-hydrogen) atoms. The quantitative estimate of drug-likeness (QED) is 0.540. The average Bonchev–Trinajstić information content (AvgIpc) is 2.75. The van der Waals surface area contributed by atoms with E-state index in [2.05, 4.69) is 43.0 Å². The Kier molecular flexibility index (Phi) is 8.52. The Morgan fingerprint density at radius 2 is 1.65 bits per heavy atom. The highest BCUT2D eigenvalue weighted by molar-refractivity contribution is 7.88. The van der Waals surface area contributed by atoms with Gasteiger partial charge in [0.1, 0.15) is 0 Å². The van der Waals surface area contributed by atoms with Crippen LogP contribution < -0.4 is 4.90 Å². The normalized spacial score (nSPS) is 15.7. The highest BCUT2D eigenvalue weighted by Gasteiger charge is 2.24. The van der Waals surface area contributed by atoms with E-state index in [0.29, 0.717) is 19.0 Å². The van der Waals surface area contributed by atoms with Gasteiger partial charge in [0.25, 0.3) is 0 Å². The van der Waals surface area contributed by atoms with Gasteiger partial charge in [-0.3, -0.25) is 0 Å². The van der Waals surface area contributed by atoms with E-state index in [0.717, 1.165) is 43.7 Å². The zero-order valence-corrected chi connectivity index (χ0v) is 19.9. The first kappa shape index (κ1) is 23.8. The summed E-state index contributed by atoms with van der Waals surface area (Å²) < 4.78 is 33.2. The fourth-order valence-corrected chi connectivity index (χ4v) is 5.84. The van der Waals surface area contributed by atoms with Gasteiger partial charge in [0.05, 0.1) is 5.75 Å². The fourth-order valence-electron chi connectivity index (χ4n) is 4.17. The predicted octanol–water partition coefficient (Wildman–Crippen LogP) is 4.54. The van der Waals surface area contributed by atoms with Crippen molar-refractivity contribution >= 4 is 15.7 Å². The summed E-state index contributed by atoms with van der Waals surface area (Å²) in [6.45, 7) is 7.96. The molecule has 1 fully saturated rings. The molecule has 0 unspecified atom stereocenters. The van der Waals surface area contributed by atoms with E-state index in [4.69, 9.17) is 4.74 Å². The first-order chi connectivity index (χ1) is 14.9. The third-order valence-electron chi connectivity index (χ3n) is 5.83. The minimum atomic E-state index is -3.40. The lowest BCUT2D eigenvalue weighted by atomic mass is 9.97. The third-order valence-corrected chi connectivity index (χ3v) is 7.59. The minimum Gasteiger partial charge on any atom is -0.384 e. The summed E-state index contributed by atoms with van der Waals surface area (Å²) in [5.74, 6) is 0.952. The predicted molar refractivity (Wildman–Crippen MR) is 128 cm³/mol. The first-order valence-corrected chi connectivity index (χ1v) is 12.8. The minimum absolute atomic E-state index is 0.0368. The molecule has 1 heterocycles. The molecule has 0 saturated carbocycles. The molecule has 3 rings (SSSR count). The fraction of sp³-hybridized carbons (Fsp3) is 0.520. The maximum atomic E-state index is 13.1. The first-order valence-electron chi connectivity index (χ1n) is 11.2. The van der Waals surface area contributed by atoms with Gasteiger partial charge in [-0.2, -0.15) is 4.31 Å². The summed E-state index contributed by atoms with van der Waals surface area (Å²) in [6, 6.07) is 17.8. The number of sulfonamides is 1. The summed E-state index contributed by atoms with van der Waals surface area (Å²) >= 11 is 0. The zero-order chi connectivity index (χ0) is 22.3. The molecule has 0 bridgehead atoms. The van der Waals surface area contributed by atoms with Crippen molar-refractivity contribution in [1.29, 1.82) is 0 Å². The summed E-state index contributed by atoms with van der Waals surface area (Å²) in [7, 11) is -1.63. The van der Waals surface area contributed by atoms with Crippen LogP contribution in [0, 0.1) is 11.8 Å². The second kappa shape index (κ2) is 11.1. The van der Waals surface area contributed by atoms with E-state index in [9.17, 15) is 8.42 Å². The molecule has 170 valence electrons. The van der Waals surface area contributed by atoms with Gasteiger partial charge >= 0.3 is 0 Å². The Balaban J connectivity index is 1.66. The van der Waals surface area contributed by atoms with E-state index < -0.39 is 10.0 Å². The second-order valence-corrected chi connectivity index (χ2v) is 10.9. The van der Waals surface area contributed by atoms with Gasteiger partial charge < -0.3 is 9.64 Å². The number of anilines is 1. The van der Waals surface area contributed by atoms with Crippen LogP contribution in [0.3, 0.4) is 0 Å². The van der Waals surface area contributed by atoms with Crippen molar-refractivity contribution in [2.45, 2.75) is 39.0 Å². The molecule has 5 nitrogen and oxygen atoms in total.